The van der Waals surface area contributed by atoms with Gasteiger partial charge in [-0.05, 0) is 38.2 Å². The number of piperazine rings is 1. The van der Waals surface area contributed by atoms with Crippen molar-refractivity contribution in [3.05, 3.63) is 53.9 Å². The Kier molecular flexibility index (Phi) is 5.09. The van der Waals surface area contributed by atoms with Crippen LogP contribution in [0.4, 0.5) is 11.4 Å². The van der Waals surface area contributed by atoms with E-state index in [0.29, 0.717) is 16.9 Å². The number of rotatable bonds is 4. The lowest BCUT2D eigenvalue weighted by atomic mass is 10.1. The maximum atomic E-state index is 12.3. The van der Waals surface area contributed by atoms with Crippen LogP contribution in [0.5, 0.6) is 0 Å². The van der Waals surface area contributed by atoms with Gasteiger partial charge in [-0.1, -0.05) is 12.1 Å². The average molecular weight is 338 g/mol. The molecular weight excluding hydrogens is 316 g/mol. The van der Waals surface area contributed by atoms with Gasteiger partial charge in [0.2, 0.25) is 0 Å². The Balaban J connectivity index is 1.66. The van der Waals surface area contributed by atoms with Gasteiger partial charge in [0.25, 0.3) is 5.91 Å². The summed E-state index contributed by atoms with van der Waals surface area (Å²) in [5.74, 6) is -0.323. The van der Waals surface area contributed by atoms with Crippen LogP contribution in [-0.4, -0.2) is 54.8 Å². The number of likely N-dealkylation sites (N-methyl/N-ethyl adjacent to an activating group) is 1. The number of aromatic nitrogens is 1. The van der Waals surface area contributed by atoms with Gasteiger partial charge in [-0.3, -0.25) is 9.59 Å². The van der Waals surface area contributed by atoms with Crippen LogP contribution >= 0.6 is 0 Å². The van der Waals surface area contributed by atoms with Crippen molar-refractivity contribution < 1.29 is 9.59 Å². The van der Waals surface area contributed by atoms with Gasteiger partial charge in [-0.15, -0.1) is 0 Å². The van der Waals surface area contributed by atoms with Crippen LogP contribution in [0.2, 0.25) is 0 Å². The summed E-state index contributed by atoms with van der Waals surface area (Å²) in [7, 11) is 2.12. The van der Waals surface area contributed by atoms with E-state index in [9.17, 15) is 9.59 Å². The summed E-state index contributed by atoms with van der Waals surface area (Å²) in [6.45, 7) is 5.46. The quantitative estimate of drug-likeness (QED) is 0.867. The first-order valence-corrected chi connectivity index (χ1v) is 8.35. The van der Waals surface area contributed by atoms with Gasteiger partial charge in [-0.2, -0.15) is 0 Å². The van der Waals surface area contributed by atoms with Crippen LogP contribution in [-0.2, 0) is 0 Å². The first kappa shape index (κ1) is 17.1. The molecule has 0 saturated carbocycles. The minimum Gasteiger partial charge on any atom is -0.368 e. The molecule has 2 aromatic rings. The fourth-order valence-corrected chi connectivity index (χ4v) is 2.78. The van der Waals surface area contributed by atoms with Gasteiger partial charge in [0.1, 0.15) is 5.69 Å². The van der Waals surface area contributed by atoms with Crippen LogP contribution in [0, 0.1) is 0 Å². The molecule has 0 bridgehead atoms. The number of Topliss-reactive ketones (excluding diaryl/α,β-unsaturated/α-hetero) is 1. The van der Waals surface area contributed by atoms with Gasteiger partial charge in [0, 0.05) is 37.4 Å². The third-order valence-corrected chi connectivity index (χ3v) is 4.38. The number of pyridine rings is 1. The Morgan fingerprint density at radius 1 is 1.08 bits per heavy atom. The van der Waals surface area contributed by atoms with Crippen molar-refractivity contribution in [1.29, 1.82) is 0 Å². The Hall–Kier alpha value is -2.73. The highest BCUT2D eigenvalue weighted by atomic mass is 16.2. The van der Waals surface area contributed by atoms with Crippen molar-refractivity contribution in [2.45, 2.75) is 6.92 Å². The summed E-state index contributed by atoms with van der Waals surface area (Å²) in [5, 5.41) is 2.78. The topological polar surface area (TPSA) is 65.5 Å². The summed E-state index contributed by atoms with van der Waals surface area (Å²) in [6.07, 6.45) is 1.74. The Labute approximate surface area is 147 Å². The highest BCUT2D eigenvalue weighted by molar-refractivity contribution is 6.04. The first-order chi connectivity index (χ1) is 12.0. The Bertz CT molecular complexity index is 765. The zero-order chi connectivity index (χ0) is 17.8. The molecule has 0 unspecified atom stereocenters. The molecule has 1 aromatic carbocycles. The Morgan fingerprint density at radius 3 is 2.48 bits per heavy atom. The van der Waals surface area contributed by atoms with E-state index in [0.717, 1.165) is 31.9 Å². The van der Waals surface area contributed by atoms with E-state index in [1.165, 1.54) is 6.92 Å². The van der Waals surface area contributed by atoms with Gasteiger partial charge < -0.3 is 15.1 Å². The molecule has 1 amide bonds. The molecule has 130 valence electrons. The monoisotopic (exact) mass is 338 g/mol. The number of anilines is 2. The van der Waals surface area contributed by atoms with Crippen molar-refractivity contribution in [1.82, 2.24) is 9.88 Å². The summed E-state index contributed by atoms with van der Waals surface area (Å²) >= 11 is 0. The van der Waals surface area contributed by atoms with E-state index in [2.05, 4.69) is 27.1 Å². The molecular formula is C19H22N4O2. The number of nitrogens with zero attached hydrogens (tertiary/aromatic N) is 3. The zero-order valence-electron chi connectivity index (χ0n) is 14.5. The van der Waals surface area contributed by atoms with Gasteiger partial charge in [0.15, 0.2) is 5.78 Å². The molecule has 0 radical (unpaired) electrons. The minimum atomic E-state index is -0.286. The number of amides is 1. The molecule has 6 heteroatoms. The van der Waals surface area contributed by atoms with Crippen LogP contribution in [0.3, 0.4) is 0 Å². The SMILES string of the molecule is CC(=O)c1cccc(NC(=O)c2ccc(N3CCN(C)CC3)cn2)c1. The lowest BCUT2D eigenvalue weighted by Crippen LogP contribution is -2.44. The number of benzene rings is 1. The average Bonchev–Trinajstić information content (AvgIpc) is 2.63. The molecule has 1 aromatic heterocycles. The molecule has 1 aliphatic rings. The molecule has 0 atom stereocenters. The second-order valence-electron chi connectivity index (χ2n) is 6.28. The van der Waals surface area contributed by atoms with Gasteiger partial charge in [0.05, 0.1) is 11.9 Å². The standard InChI is InChI=1S/C19H22N4O2/c1-14(24)15-4-3-5-16(12-15)21-19(25)18-7-6-17(13-20-18)23-10-8-22(2)9-11-23/h3-7,12-13H,8-11H2,1-2H3,(H,21,25). The lowest BCUT2D eigenvalue weighted by Gasteiger charge is -2.33. The normalized spacial score (nSPS) is 15.0. The zero-order valence-corrected chi connectivity index (χ0v) is 14.5. The van der Waals surface area contributed by atoms with E-state index >= 15 is 0 Å². The highest BCUT2D eigenvalue weighted by Gasteiger charge is 2.15. The third-order valence-electron chi connectivity index (χ3n) is 4.38. The molecule has 1 fully saturated rings. The summed E-state index contributed by atoms with van der Waals surface area (Å²) in [5.41, 5.74) is 2.54. The predicted molar refractivity (Wildman–Crippen MR) is 98.3 cm³/mol. The van der Waals surface area contributed by atoms with E-state index in [1.54, 1.807) is 36.5 Å². The smallest absolute Gasteiger partial charge is 0.274 e. The number of nitrogens with one attached hydrogen (secondary N) is 1. The fraction of sp³-hybridized carbons (Fsp3) is 0.316. The van der Waals surface area contributed by atoms with Crippen molar-refractivity contribution in [2.75, 3.05) is 43.4 Å². The van der Waals surface area contributed by atoms with Crippen molar-refractivity contribution in [2.24, 2.45) is 0 Å². The largest absolute Gasteiger partial charge is 0.368 e. The molecule has 2 heterocycles. The van der Waals surface area contributed by atoms with Gasteiger partial charge in [-0.25, -0.2) is 4.98 Å². The molecule has 0 spiro atoms. The molecule has 3 rings (SSSR count). The third kappa shape index (κ3) is 4.22. The summed E-state index contributed by atoms with van der Waals surface area (Å²) < 4.78 is 0. The fourth-order valence-electron chi connectivity index (χ4n) is 2.78. The minimum absolute atomic E-state index is 0.0363. The predicted octanol–water partition coefficient (Wildman–Crippen LogP) is 2.29. The molecule has 0 aliphatic carbocycles. The molecule has 1 aliphatic heterocycles. The number of hydrogen-bond acceptors (Lipinski definition) is 5. The van der Waals surface area contributed by atoms with Crippen molar-refractivity contribution >= 4 is 23.1 Å². The van der Waals surface area contributed by atoms with E-state index < -0.39 is 0 Å². The van der Waals surface area contributed by atoms with Crippen LogP contribution in [0.1, 0.15) is 27.8 Å². The number of carbonyl (C=O) groups excluding carboxylic acids is 2. The molecule has 6 nitrogen and oxygen atoms in total. The molecule has 1 N–H and O–H groups in total. The summed E-state index contributed by atoms with van der Waals surface area (Å²) in [6, 6.07) is 10.6. The van der Waals surface area contributed by atoms with Crippen molar-refractivity contribution in [3.8, 4) is 0 Å². The van der Waals surface area contributed by atoms with Crippen LogP contribution < -0.4 is 10.2 Å². The highest BCUT2D eigenvalue weighted by Crippen LogP contribution is 2.16. The first-order valence-electron chi connectivity index (χ1n) is 8.35. The number of ketones is 1. The van der Waals surface area contributed by atoms with E-state index in [4.69, 9.17) is 0 Å². The summed E-state index contributed by atoms with van der Waals surface area (Å²) in [4.78, 5) is 32.6. The second kappa shape index (κ2) is 7.44. The maximum Gasteiger partial charge on any atom is 0.274 e. The van der Waals surface area contributed by atoms with Crippen molar-refractivity contribution in [3.63, 3.8) is 0 Å². The van der Waals surface area contributed by atoms with Crippen LogP contribution in [0.25, 0.3) is 0 Å². The number of carbonyl (C=O) groups is 2. The maximum absolute atomic E-state index is 12.3. The van der Waals surface area contributed by atoms with E-state index in [-0.39, 0.29) is 11.7 Å². The Morgan fingerprint density at radius 2 is 1.84 bits per heavy atom. The molecule has 25 heavy (non-hydrogen) atoms. The lowest BCUT2D eigenvalue weighted by molar-refractivity contribution is 0.100. The van der Waals surface area contributed by atoms with Gasteiger partial charge >= 0.3 is 0 Å². The van der Waals surface area contributed by atoms with E-state index in [1.807, 2.05) is 6.07 Å². The molecule has 1 saturated heterocycles. The second-order valence-corrected chi connectivity index (χ2v) is 6.28. The number of hydrogen-bond donors (Lipinski definition) is 1. The van der Waals surface area contributed by atoms with Crippen LogP contribution in [0.15, 0.2) is 42.6 Å².